The van der Waals surface area contributed by atoms with Gasteiger partial charge in [0, 0.05) is 11.7 Å². The molecule has 106 valence electrons. The highest BCUT2D eigenvalue weighted by atomic mass is 16.2. The van der Waals surface area contributed by atoms with Gasteiger partial charge in [0.2, 0.25) is 0 Å². The summed E-state index contributed by atoms with van der Waals surface area (Å²) in [5.74, 6) is 0.529. The van der Waals surface area contributed by atoms with Gasteiger partial charge < -0.3 is 10.6 Å². The van der Waals surface area contributed by atoms with E-state index in [1.165, 1.54) is 19.3 Å². The summed E-state index contributed by atoms with van der Waals surface area (Å²) in [6, 6.07) is 7.46. The zero-order valence-electron chi connectivity index (χ0n) is 12.1. The molecule has 0 heterocycles. The summed E-state index contributed by atoms with van der Waals surface area (Å²) in [4.78, 5) is 12.1. The van der Waals surface area contributed by atoms with Gasteiger partial charge in [-0.05, 0) is 43.4 Å². The third-order valence-corrected chi connectivity index (χ3v) is 4.04. The molecule has 4 heteroatoms. The maximum Gasteiger partial charge on any atom is 0.319 e. The van der Waals surface area contributed by atoms with E-state index in [0.29, 0.717) is 17.2 Å². The molecule has 0 bridgehead atoms. The lowest BCUT2D eigenvalue weighted by atomic mass is 9.86. The van der Waals surface area contributed by atoms with Crippen molar-refractivity contribution in [2.45, 2.75) is 45.6 Å². The second-order valence-corrected chi connectivity index (χ2v) is 5.61. The minimum atomic E-state index is -0.179. The largest absolute Gasteiger partial charge is 0.335 e. The van der Waals surface area contributed by atoms with Crippen molar-refractivity contribution in [3.8, 4) is 6.07 Å². The summed E-state index contributed by atoms with van der Waals surface area (Å²) in [5, 5.41) is 14.8. The van der Waals surface area contributed by atoms with Crippen LogP contribution in [0.3, 0.4) is 0 Å². The number of nitrogens with zero attached hydrogens (tertiary/aromatic N) is 1. The molecule has 2 amide bonds. The second-order valence-electron chi connectivity index (χ2n) is 5.61. The van der Waals surface area contributed by atoms with Crippen molar-refractivity contribution in [3.05, 3.63) is 29.3 Å². The van der Waals surface area contributed by atoms with E-state index in [0.717, 1.165) is 12.0 Å². The number of benzene rings is 1. The summed E-state index contributed by atoms with van der Waals surface area (Å²) in [6.07, 6.45) is 4.65. The van der Waals surface area contributed by atoms with E-state index in [1.54, 1.807) is 12.1 Å². The molecule has 20 heavy (non-hydrogen) atoms. The number of carbonyl (C=O) groups excluding carboxylic acids is 1. The molecule has 1 fully saturated rings. The van der Waals surface area contributed by atoms with Gasteiger partial charge in [-0.1, -0.05) is 25.8 Å². The first kappa shape index (κ1) is 14.4. The van der Waals surface area contributed by atoms with Gasteiger partial charge >= 0.3 is 6.03 Å². The third kappa shape index (κ3) is 3.51. The van der Waals surface area contributed by atoms with Gasteiger partial charge in [0.25, 0.3) is 0 Å². The number of anilines is 1. The monoisotopic (exact) mass is 271 g/mol. The van der Waals surface area contributed by atoms with Crippen molar-refractivity contribution >= 4 is 11.7 Å². The van der Waals surface area contributed by atoms with Crippen LogP contribution in [0.25, 0.3) is 0 Å². The number of hydrogen-bond donors (Lipinski definition) is 2. The van der Waals surface area contributed by atoms with Gasteiger partial charge in [0.05, 0.1) is 11.6 Å². The average Bonchev–Trinajstić information content (AvgIpc) is 2.44. The molecule has 1 saturated carbocycles. The number of carbonyl (C=O) groups is 1. The van der Waals surface area contributed by atoms with Crippen LogP contribution in [-0.2, 0) is 0 Å². The van der Waals surface area contributed by atoms with E-state index in [-0.39, 0.29) is 12.1 Å². The van der Waals surface area contributed by atoms with Crippen LogP contribution in [0.1, 0.15) is 43.7 Å². The molecule has 2 unspecified atom stereocenters. The molecule has 1 aromatic rings. The Kier molecular flexibility index (Phi) is 4.62. The van der Waals surface area contributed by atoms with E-state index >= 15 is 0 Å². The Morgan fingerprint density at radius 1 is 1.35 bits per heavy atom. The van der Waals surface area contributed by atoms with Crippen molar-refractivity contribution in [2.24, 2.45) is 5.92 Å². The van der Waals surface area contributed by atoms with Gasteiger partial charge in [-0.25, -0.2) is 4.79 Å². The molecule has 4 nitrogen and oxygen atoms in total. The molecule has 1 aromatic carbocycles. The first-order chi connectivity index (χ1) is 9.60. The smallest absolute Gasteiger partial charge is 0.319 e. The number of rotatable bonds is 2. The predicted octanol–water partition coefficient (Wildman–Crippen LogP) is 3.57. The van der Waals surface area contributed by atoms with Crippen LogP contribution < -0.4 is 10.6 Å². The third-order valence-electron chi connectivity index (χ3n) is 4.04. The first-order valence-electron chi connectivity index (χ1n) is 7.18. The van der Waals surface area contributed by atoms with Crippen molar-refractivity contribution in [1.82, 2.24) is 5.32 Å². The number of aryl methyl sites for hydroxylation is 1. The molecule has 1 aliphatic rings. The molecule has 2 atom stereocenters. The van der Waals surface area contributed by atoms with Crippen LogP contribution >= 0.6 is 0 Å². The normalized spacial score (nSPS) is 21.9. The minimum absolute atomic E-state index is 0.179. The van der Waals surface area contributed by atoms with Crippen LogP contribution in [0.4, 0.5) is 10.5 Å². The highest BCUT2D eigenvalue weighted by Gasteiger charge is 2.22. The van der Waals surface area contributed by atoms with Crippen LogP contribution in [0.2, 0.25) is 0 Å². The zero-order valence-corrected chi connectivity index (χ0v) is 12.1. The Labute approximate surface area is 120 Å². The predicted molar refractivity (Wildman–Crippen MR) is 79.5 cm³/mol. The van der Waals surface area contributed by atoms with Crippen molar-refractivity contribution in [2.75, 3.05) is 5.32 Å². The lowest BCUT2D eigenvalue weighted by molar-refractivity contribution is 0.232. The van der Waals surface area contributed by atoms with Crippen LogP contribution in [0.5, 0.6) is 0 Å². The molecular formula is C16H21N3O. The average molecular weight is 271 g/mol. The Balaban J connectivity index is 1.99. The van der Waals surface area contributed by atoms with Gasteiger partial charge in [0.15, 0.2) is 0 Å². The molecule has 0 saturated heterocycles. The van der Waals surface area contributed by atoms with Crippen molar-refractivity contribution in [1.29, 1.82) is 5.26 Å². The van der Waals surface area contributed by atoms with Crippen LogP contribution in [0, 0.1) is 24.2 Å². The van der Waals surface area contributed by atoms with Crippen LogP contribution in [-0.4, -0.2) is 12.1 Å². The van der Waals surface area contributed by atoms with Crippen molar-refractivity contribution < 1.29 is 4.79 Å². The minimum Gasteiger partial charge on any atom is -0.335 e. The summed E-state index contributed by atoms with van der Waals surface area (Å²) in [7, 11) is 0. The van der Waals surface area contributed by atoms with E-state index in [1.807, 2.05) is 13.0 Å². The van der Waals surface area contributed by atoms with Gasteiger partial charge in [0.1, 0.15) is 0 Å². The highest BCUT2D eigenvalue weighted by molar-refractivity contribution is 5.90. The SMILES string of the molecule is Cc1ccc(C#N)cc1NC(=O)NC1CCCCC1C. The van der Waals surface area contributed by atoms with E-state index in [2.05, 4.69) is 23.6 Å². The maximum absolute atomic E-state index is 12.1. The van der Waals surface area contributed by atoms with Gasteiger partial charge in [-0.2, -0.15) is 5.26 Å². The highest BCUT2D eigenvalue weighted by Crippen LogP contribution is 2.24. The van der Waals surface area contributed by atoms with E-state index < -0.39 is 0 Å². The maximum atomic E-state index is 12.1. The number of nitrogens with one attached hydrogen (secondary N) is 2. The molecular weight excluding hydrogens is 250 g/mol. The number of nitriles is 1. The lowest BCUT2D eigenvalue weighted by Gasteiger charge is -2.29. The summed E-state index contributed by atoms with van der Waals surface area (Å²) in [5.41, 5.74) is 2.21. The molecule has 0 radical (unpaired) electrons. The summed E-state index contributed by atoms with van der Waals surface area (Å²) < 4.78 is 0. The molecule has 1 aliphatic carbocycles. The Morgan fingerprint density at radius 2 is 2.10 bits per heavy atom. The molecule has 2 rings (SSSR count). The Bertz CT molecular complexity index is 533. The molecule has 2 N–H and O–H groups in total. The molecule has 0 aromatic heterocycles. The van der Waals surface area contributed by atoms with E-state index in [9.17, 15) is 4.79 Å². The van der Waals surface area contributed by atoms with Gasteiger partial charge in [-0.15, -0.1) is 0 Å². The fourth-order valence-electron chi connectivity index (χ4n) is 2.68. The fraction of sp³-hybridized carbons (Fsp3) is 0.500. The zero-order chi connectivity index (χ0) is 14.5. The lowest BCUT2D eigenvalue weighted by Crippen LogP contribution is -2.43. The van der Waals surface area contributed by atoms with Crippen molar-refractivity contribution in [3.63, 3.8) is 0 Å². The van der Waals surface area contributed by atoms with E-state index in [4.69, 9.17) is 5.26 Å². The fourth-order valence-corrected chi connectivity index (χ4v) is 2.68. The van der Waals surface area contributed by atoms with Gasteiger partial charge in [-0.3, -0.25) is 0 Å². The molecule has 0 aliphatic heterocycles. The number of hydrogen-bond acceptors (Lipinski definition) is 2. The van der Waals surface area contributed by atoms with Crippen LogP contribution in [0.15, 0.2) is 18.2 Å². The Morgan fingerprint density at radius 3 is 2.80 bits per heavy atom. The number of urea groups is 1. The second kappa shape index (κ2) is 6.42. The first-order valence-corrected chi connectivity index (χ1v) is 7.18. The molecule has 0 spiro atoms. The number of amides is 2. The summed E-state index contributed by atoms with van der Waals surface area (Å²) >= 11 is 0. The Hall–Kier alpha value is -2.02. The standard InChI is InChI=1S/C16H21N3O/c1-11-5-3-4-6-14(11)18-16(20)19-15-9-13(10-17)8-7-12(15)2/h7-9,11,14H,3-6H2,1-2H3,(H2,18,19,20). The topological polar surface area (TPSA) is 64.9 Å². The summed E-state index contributed by atoms with van der Waals surface area (Å²) in [6.45, 7) is 4.10. The quantitative estimate of drug-likeness (QED) is 0.863.